The lowest BCUT2D eigenvalue weighted by molar-refractivity contribution is 0.368. The van der Waals surface area contributed by atoms with Crippen LogP contribution in [0.5, 0.6) is 0 Å². The first kappa shape index (κ1) is 11.7. The number of halogens is 1. The maximum Gasteiger partial charge on any atom is 0.217 e. The van der Waals surface area contributed by atoms with E-state index in [0.717, 1.165) is 45.1 Å². The molecule has 0 amide bonds. The van der Waals surface area contributed by atoms with Gasteiger partial charge in [0.1, 0.15) is 0 Å². The fourth-order valence-corrected chi connectivity index (χ4v) is 4.58. The van der Waals surface area contributed by atoms with Gasteiger partial charge in [-0.1, -0.05) is 0 Å². The van der Waals surface area contributed by atoms with Crippen LogP contribution >= 0.6 is 11.6 Å². The summed E-state index contributed by atoms with van der Waals surface area (Å²) >= 11 is 5.65. The quantitative estimate of drug-likeness (QED) is 0.701. The van der Waals surface area contributed by atoms with Gasteiger partial charge in [-0.25, -0.2) is 8.42 Å². The molecule has 0 aromatic rings. The highest BCUT2D eigenvalue weighted by atomic mass is 35.5. The van der Waals surface area contributed by atoms with Gasteiger partial charge in [0.25, 0.3) is 0 Å². The highest BCUT2D eigenvalue weighted by Gasteiger charge is 2.43. The van der Waals surface area contributed by atoms with E-state index in [4.69, 9.17) is 11.6 Å². The van der Waals surface area contributed by atoms with Crippen LogP contribution in [0, 0.1) is 0 Å². The van der Waals surface area contributed by atoms with Crippen molar-refractivity contribution in [1.29, 1.82) is 0 Å². The Morgan fingerprint density at radius 3 is 2.60 bits per heavy atom. The summed E-state index contributed by atoms with van der Waals surface area (Å²) in [6.07, 6.45) is 5.60. The summed E-state index contributed by atoms with van der Waals surface area (Å²) in [5.41, 5.74) is 0. The highest BCUT2D eigenvalue weighted by molar-refractivity contribution is 7.90. The van der Waals surface area contributed by atoms with Gasteiger partial charge in [0.2, 0.25) is 10.0 Å². The number of hydrogen-bond acceptors (Lipinski definition) is 2. The first-order valence-electron chi connectivity index (χ1n) is 5.73. The highest BCUT2D eigenvalue weighted by Crippen LogP contribution is 2.35. The fraction of sp³-hybridized carbons (Fsp3) is 1.00. The van der Waals surface area contributed by atoms with Crippen molar-refractivity contribution in [3.63, 3.8) is 0 Å². The van der Waals surface area contributed by atoms with Gasteiger partial charge in [-0.05, 0) is 38.5 Å². The van der Waals surface area contributed by atoms with Crippen molar-refractivity contribution in [2.75, 3.05) is 12.4 Å². The SMILES string of the molecule is O=S(=O)(C1CC1)N1CCCC1CCCCl. The van der Waals surface area contributed by atoms with Gasteiger partial charge in [0, 0.05) is 18.5 Å². The van der Waals surface area contributed by atoms with Crippen LogP contribution in [0.3, 0.4) is 0 Å². The Morgan fingerprint density at radius 1 is 1.27 bits per heavy atom. The molecule has 15 heavy (non-hydrogen) atoms. The lowest BCUT2D eigenvalue weighted by Crippen LogP contribution is -2.37. The average molecular weight is 252 g/mol. The maximum atomic E-state index is 12.1. The first-order chi connectivity index (χ1) is 7.16. The summed E-state index contributed by atoms with van der Waals surface area (Å²) in [4.78, 5) is 0. The number of sulfonamides is 1. The summed E-state index contributed by atoms with van der Waals surface area (Å²) in [5.74, 6) is 0.633. The van der Waals surface area contributed by atoms with Crippen molar-refractivity contribution in [1.82, 2.24) is 4.31 Å². The molecule has 5 heteroatoms. The molecular formula is C10H18ClNO2S. The van der Waals surface area contributed by atoms with Crippen LogP contribution in [0.15, 0.2) is 0 Å². The van der Waals surface area contributed by atoms with Crippen molar-refractivity contribution >= 4 is 21.6 Å². The van der Waals surface area contributed by atoms with Crippen molar-refractivity contribution in [3.8, 4) is 0 Å². The van der Waals surface area contributed by atoms with E-state index in [-0.39, 0.29) is 11.3 Å². The number of alkyl halides is 1. The molecule has 0 N–H and O–H groups in total. The molecule has 1 saturated heterocycles. The molecule has 88 valence electrons. The summed E-state index contributed by atoms with van der Waals surface area (Å²) in [6, 6.07) is 0.231. The van der Waals surface area contributed by atoms with E-state index in [1.54, 1.807) is 4.31 Å². The van der Waals surface area contributed by atoms with Crippen LogP contribution in [-0.2, 0) is 10.0 Å². The largest absolute Gasteiger partial charge is 0.217 e. The molecule has 1 heterocycles. The minimum Gasteiger partial charge on any atom is -0.212 e. The van der Waals surface area contributed by atoms with Crippen LogP contribution in [-0.4, -0.2) is 36.4 Å². The van der Waals surface area contributed by atoms with E-state index < -0.39 is 10.0 Å². The molecule has 0 spiro atoms. The molecule has 2 aliphatic rings. The summed E-state index contributed by atoms with van der Waals surface area (Å²) < 4.78 is 25.9. The molecule has 1 aliphatic heterocycles. The second kappa shape index (κ2) is 4.60. The van der Waals surface area contributed by atoms with Crippen molar-refractivity contribution in [2.24, 2.45) is 0 Å². The minimum atomic E-state index is -2.95. The molecule has 2 fully saturated rings. The van der Waals surface area contributed by atoms with Crippen LogP contribution in [0.2, 0.25) is 0 Å². The zero-order chi connectivity index (χ0) is 10.9. The molecule has 1 atom stereocenters. The van der Waals surface area contributed by atoms with Crippen LogP contribution < -0.4 is 0 Å². The zero-order valence-corrected chi connectivity index (χ0v) is 10.4. The van der Waals surface area contributed by atoms with Crippen molar-refractivity contribution in [2.45, 2.75) is 49.8 Å². The number of nitrogens with zero attached hydrogens (tertiary/aromatic N) is 1. The average Bonchev–Trinajstić information content (AvgIpc) is 2.95. The number of hydrogen-bond donors (Lipinski definition) is 0. The predicted molar refractivity (Wildman–Crippen MR) is 61.6 cm³/mol. The van der Waals surface area contributed by atoms with Gasteiger partial charge < -0.3 is 0 Å². The monoisotopic (exact) mass is 251 g/mol. The normalized spacial score (nSPS) is 28.5. The van der Waals surface area contributed by atoms with Gasteiger partial charge in [0.15, 0.2) is 0 Å². The van der Waals surface area contributed by atoms with Crippen molar-refractivity contribution in [3.05, 3.63) is 0 Å². The molecule has 1 aliphatic carbocycles. The molecule has 1 saturated carbocycles. The van der Waals surface area contributed by atoms with E-state index in [9.17, 15) is 8.42 Å². The zero-order valence-electron chi connectivity index (χ0n) is 8.86. The molecule has 0 aromatic heterocycles. The van der Waals surface area contributed by atoms with E-state index >= 15 is 0 Å². The van der Waals surface area contributed by atoms with Crippen LogP contribution in [0.1, 0.15) is 38.5 Å². The fourth-order valence-electron chi connectivity index (χ4n) is 2.30. The minimum absolute atomic E-state index is 0.0610. The molecule has 1 unspecified atom stereocenters. The Morgan fingerprint density at radius 2 is 2.00 bits per heavy atom. The third-order valence-electron chi connectivity index (χ3n) is 3.27. The molecule has 0 aromatic carbocycles. The Balaban J connectivity index is 2.00. The van der Waals surface area contributed by atoms with Gasteiger partial charge >= 0.3 is 0 Å². The van der Waals surface area contributed by atoms with Gasteiger partial charge in [0.05, 0.1) is 5.25 Å². The summed E-state index contributed by atoms with van der Waals surface area (Å²) in [6.45, 7) is 0.728. The third kappa shape index (κ3) is 2.48. The summed E-state index contributed by atoms with van der Waals surface area (Å²) in [5, 5.41) is -0.0610. The Labute approximate surface area is 96.8 Å². The first-order valence-corrected chi connectivity index (χ1v) is 7.76. The summed E-state index contributed by atoms with van der Waals surface area (Å²) in [7, 11) is -2.95. The third-order valence-corrected chi connectivity index (χ3v) is 5.98. The second-order valence-electron chi connectivity index (χ2n) is 4.48. The van der Waals surface area contributed by atoms with E-state index in [0.29, 0.717) is 5.88 Å². The van der Waals surface area contributed by atoms with E-state index in [2.05, 4.69) is 0 Å². The van der Waals surface area contributed by atoms with Gasteiger partial charge in [-0.15, -0.1) is 11.6 Å². The van der Waals surface area contributed by atoms with E-state index in [1.165, 1.54) is 0 Å². The van der Waals surface area contributed by atoms with Crippen LogP contribution in [0.4, 0.5) is 0 Å². The maximum absolute atomic E-state index is 12.1. The molecule has 0 bridgehead atoms. The second-order valence-corrected chi connectivity index (χ2v) is 7.03. The lowest BCUT2D eigenvalue weighted by atomic mass is 10.1. The molecule has 2 rings (SSSR count). The Hall–Kier alpha value is 0.200. The lowest BCUT2D eigenvalue weighted by Gasteiger charge is -2.23. The van der Waals surface area contributed by atoms with Gasteiger partial charge in [-0.2, -0.15) is 4.31 Å². The number of rotatable bonds is 5. The smallest absolute Gasteiger partial charge is 0.212 e. The van der Waals surface area contributed by atoms with E-state index in [1.807, 2.05) is 0 Å². The van der Waals surface area contributed by atoms with Gasteiger partial charge in [-0.3, -0.25) is 0 Å². The van der Waals surface area contributed by atoms with Crippen molar-refractivity contribution < 1.29 is 8.42 Å². The molecule has 3 nitrogen and oxygen atoms in total. The molecular weight excluding hydrogens is 234 g/mol. The Kier molecular flexibility index (Phi) is 3.58. The topological polar surface area (TPSA) is 37.4 Å². The molecule has 0 radical (unpaired) electrons. The Bertz CT molecular complexity index is 313. The predicted octanol–water partition coefficient (Wildman–Crippen LogP) is 1.96. The van der Waals surface area contributed by atoms with Crippen LogP contribution in [0.25, 0.3) is 0 Å². The standard InChI is InChI=1S/C10H18ClNO2S/c11-7-1-3-9-4-2-8-12(9)15(13,14)10-5-6-10/h9-10H,1-8H2.